The van der Waals surface area contributed by atoms with Gasteiger partial charge in [-0.1, -0.05) is 25.1 Å². The Kier molecular flexibility index (Phi) is 5.26. The number of benzene rings is 1. The molecule has 1 unspecified atom stereocenters. The minimum atomic E-state index is -0.0440. The SMILES string of the molecule is CC(CNC(=O)c1ccccc1CCN)c1nccs1. The van der Waals surface area contributed by atoms with E-state index in [9.17, 15) is 4.79 Å². The van der Waals surface area contributed by atoms with Gasteiger partial charge in [0, 0.05) is 29.6 Å². The van der Waals surface area contributed by atoms with Crippen LogP contribution in [0.3, 0.4) is 0 Å². The molecule has 0 aliphatic rings. The van der Waals surface area contributed by atoms with Gasteiger partial charge in [-0.25, -0.2) is 4.98 Å². The molecule has 106 valence electrons. The Morgan fingerprint density at radius 1 is 1.45 bits per heavy atom. The topological polar surface area (TPSA) is 68.0 Å². The van der Waals surface area contributed by atoms with Gasteiger partial charge < -0.3 is 11.1 Å². The summed E-state index contributed by atoms with van der Waals surface area (Å²) in [6.45, 7) is 3.19. The van der Waals surface area contributed by atoms with Crippen molar-refractivity contribution in [2.75, 3.05) is 13.1 Å². The highest BCUT2D eigenvalue weighted by Gasteiger charge is 2.13. The normalized spacial score (nSPS) is 12.1. The second-order valence-corrected chi connectivity index (χ2v) is 5.60. The molecular weight excluding hydrogens is 270 g/mol. The number of thiazole rings is 1. The van der Waals surface area contributed by atoms with Crippen LogP contribution in [0.5, 0.6) is 0 Å². The van der Waals surface area contributed by atoms with Gasteiger partial charge in [0.1, 0.15) is 0 Å². The first-order valence-electron chi connectivity index (χ1n) is 6.68. The Bertz CT molecular complexity index is 554. The Hall–Kier alpha value is -1.72. The summed E-state index contributed by atoms with van der Waals surface area (Å²) in [5.41, 5.74) is 7.28. The summed E-state index contributed by atoms with van der Waals surface area (Å²) in [7, 11) is 0. The third-order valence-electron chi connectivity index (χ3n) is 3.12. The summed E-state index contributed by atoms with van der Waals surface area (Å²) in [6, 6.07) is 7.60. The third-order valence-corrected chi connectivity index (χ3v) is 4.12. The first-order valence-corrected chi connectivity index (χ1v) is 7.56. The molecular formula is C15H19N3OS. The van der Waals surface area contributed by atoms with Crippen molar-refractivity contribution >= 4 is 17.2 Å². The molecule has 0 fully saturated rings. The number of carbonyl (C=O) groups is 1. The van der Waals surface area contributed by atoms with E-state index >= 15 is 0 Å². The monoisotopic (exact) mass is 289 g/mol. The number of hydrogen-bond donors (Lipinski definition) is 2. The smallest absolute Gasteiger partial charge is 0.251 e. The molecule has 1 amide bonds. The largest absolute Gasteiger partial charge is 0.351 e. The summed E-state index contributed by atoms with van der Waals surface area (Å²) >= 11 is 1.61. The van der Waals surface area contributed by atoms with E-state index in [0.29, 0.717) is 25.1 Å². The molecule has 0 aliphatic carbocycles. The average molecular weight is 289 g/mol. The fraction of sp³-hybridized carbons (Fsp3) is 0.333. The predicted molar refractivity (Wildman–Crippen MR) is 82.1 cm³/mol. The second-order valence-electron chi connectivity index (χ2n) is 4.68. The van der Waals surface area contributed by atoms with Crippen molar-refractivity contribution in [2.24, 2.45) is 5.73 Å². The van der Waals surface area contributed by atoms with Gasteiger partial charge in [-0.15, -0.1) is 11.3 Å². The maximum atomic E-state index is 12.2. The van der Waals surface area contributed by atoms with E-state index < -0.39 is 0 Å². The van der Waals surface area contributed by atoms with Crippen LogP contribution in [-0.2, 0) is 6.42 Å². The predicted octanol–water partition coefficient (Wildman–Crippen LogP) is 2.18. The van der Waals surface area contributed by atoms with Gasteiger partial charge in [-0.3, -0.25) is 4.79 Å². The number of carbonyl (C=O) groups excluding carboxylic acids is 1. The van der Waals surface area contributed by atoms with Crippen molar-refractivity contribution in [1.29, 1.82) is 0 Å². The van der Waals surface area contributed by atoms with E-state index in [1.807, 2.05) is 29.6 Å². The van der Waals surface area contributed by atoms with E-state index in [1.165, 1.54) is 0 Å². The van der Waals surface area contributed by atoms with Crippen LogP contribution in [0.1, 0.15) is 33.8 Å². The zero-order valence-electron chi connectivity index (χ0n) is 11.5. The molecule has 0 aliphatic heterocycles. The molecule has 0 bridgehead atoms. The summed E-state index contributed by atoms with van der Waals surface area (Å²) < 4.78 is 0. The quantitative estimate of drug-likeness (QED) is 0.856. The lowest BCUT2D eigenvalue weighted by Gasteiger charge is -2.12. The fourth-order valence-corrected chi connectivity index (χ4v) is 2.72. The lowest BCUT2D eigenvalue weighted by molar-refractivity contribution is 0.0950. The van der Waals surface area contributed by atoms with Gasteiger partial charge in [0.05, 0.1) is 5.01 Å². The maximum absolute atomic E-state index is 12.2. The van der Waals surface area contributed by atoms with Crippen LogP contribution in [0.25, 0.3) is 0 Å². The molecule has 5 heteroatoms. The Morgan fingerprint density at radius 3 is 2.95 bits per heavy atom. The zero-order valence-corrected chi connectivity index (χ0v) is 12.3. The van der Waals surface area contributed by atoms with Gasteiger partial charge in [-0.05, 0) is 24.6 Å². The summed E-state index contributed by atoms with van der Waals surface area (Å²) in [5.74, 6) is 0.179. The molecule has 1 heterocycles. The number of nitrogens with one attached hydrogen (secondary N) is 1. The Labute approximate surface area is 123 Å². The highest BCUT2D eigenvalue weighted by Crippen LogP contribution is 2.17. The van der Waals surface area contributed by atoms with Crippen molar-refractivity contribution < 1.29 is 4.79 Å². The van der Waals surface area contributed by atoms with E-state index in [-0.39, 0.29) is 11.8 Å². The molecule has 3 N–H and O–H groups in total. The van der Waals surface area contributed by atoms with Crippen LogP contribution in [-0.4, -0.2) is 24.0 Å². The van der Waals surface area contributed by atoms with E-state index in [2.05, 4.69) is 17.2 Å². The molecule has 0 spiro atoms. The number of nitrogens with two attached hydrogens (primary N) is 1. The number of nitrogens with zero attached hydrogens (tertiary/aromatic N) is 1. The Balaban J connectivity index is 1.98. The van der Waals surface area contributed by atoms with Crippen molar-refractivity contribution in [1.82, 2.24) is 10.3 Å². The van der Waals surface area contributed by atoms with Crippen LogP contribution < -0.4 is 11.1 Å². The van der Waals surface area contributed by atoms with Crippen molar-refractivity contribution in [3.05, 3.63) is 52.0 Å². The van der Waals surface area contributed by atoms with E-state index in [0.717, 1.165) is 10.6 Å². The molecule has 0 saturated heterocycles. The number of aromatic nitrogens is 1. The third kappa shape index (κ3) is 3.65. The lowest BCUT2D eigenvalue weighted by atomic mass is 10.0. The van der Waals surface area contributed by atoms with Crippen LogP contribution in [0.2, 0.25) is 0 Å². The number of hydrogen-bond acceptors (Lipinski definition) is 4. The van der Waals surface area contributed by atoms with Crippen LogP contribution in [0, 0.1) is 0 Å². The highest BCUT2D eigenvalue weighted by atomic mass is 32.1. The first kappa shape index (κ1) is 14.7. The van der Waals surface area contributed by atoms with Crippen molar-refractivity contribution in [3.8, 4) is 0 Å². The Morgan fingerprint density at radius 2 is 2.25 bits per heavy atom. The molecule has 1 atom stereocenters. The summed E-state index contributed by atoms with van der Waals surface area (Å²) in [6.07, 6.45) is 2.50. The molecule has 4 nitrogen and oxygen atoms in total. The first-order chi connectivity index (χ1) is 9.72. The van der Waals surface area contributed by atoms with Gasteiger partial charge in [0.25, 0.3) is 5.91 Å². The van der Waals surface area contributed by atoms with E-state index in [4.69, 9.17) is 5.73 Å². The van der Waals surface area contributed by atoms with Gasteiger partial charge in [0.2, 0.25) is 0 Å². The summed E-state index contributed by atoms with van der Waals surface area (Å²) in [4.78, 5) is 16.5. The minimum absolute atomic E-state index is 0.0440. The van der Waals surface area contributed by atoms with Crippen molar-refractivity contribution in [3.63, 3.8) is 0 Å². The fourth-order valence-electron chi connectivity index (χ4n) is 2.02. The summed E-state index contributed by atoms with van der Waals surface area (Å²) in [5, 5.41) is 5.96. The average Bonchev–Trinajstić information content (AvgIpc) is 2.99. The molecule has 2 rings (SSSR count). The maximum Gasteiger partial charge on any atom is 0.251 e. The molecule has 0 saturated carbocycles. The number of rotatable bonds is 6. The van der Waals surface area contributed by atoms with Crippen molar-refractivity contribution in [2.45, 2.75) is 19.3 Å². The molecule has 1 aromatic carbocycles. The minimum Gasteiger partial charge on any atom is -0.351 e. The second kappa shape index (κ2) is 7.17. The van der Waals surface area contributed by atoms with Gasteiger partial charge >= 0.3 is 0 Å². The van der Waals surface area contributed by atoms with Crippen LogP contribution in [0.4, 0.5) is 0 Å². The number of amides is 1. The van der Waals surface area contributed by atoms with Crippen LogP contribution in [0.15, 0.2) is 35.8 Å². The standard InChI is InChI=1S/C15H19N3OS/c1-11(15-17-8-9-20-15)10-18-14(19)13-5-3-2-4-12(13)6-7-16/h2-5,8-9,11H,6-7,10,16H2,1H3,(H,18,19). The molecule has 20 heavy (non-hydrogen) atoms. The zero-order chi connectivity index (χ0) is 14.4. The molecule has 1 aromatic heterocycles. The van der Waals surface area contributed by atoms with E-state index in [1.54, 1.807) is 17.5 Å². The highest BCUT2D eigenvalue weighted by molar-refractivity contribution is 7.09. The van der Waals surface area contributed by atoms with Gasteiger partial charge in [-0.2, -0.15) is 0 Å². The lowest BCUT2D eigenvalue weighted by Crippen LogP contribution is -2.28. The van der Waals surface area contributed by atoms with Gasteiger partial charge in [0.15, 0.2) is 0 Å². The molecule has 2 aromatic rings. The van der Waals surface area contributed by atoms with Crippen LogP contribution >= 0.6 is 11.3 Å². The molecule has 0 radical (unpaired) electrons.